The molecule has 2 aromatic rings. The van der Waals surface area contributed by atoms with E-state index in [1.54, 1.807) is 0 Å². The normalized spacial score (nSPS) is 10.3. The zero-order valence-electron chi connectivity index (χ0n) is 8.45. The van der Waals surface area contributed by atoms with Crippen LogP contribution in [0, 0.1) is 11.6 Å². The lowest BCUT2D eigenvalue weighted by Gasteiger charge is -2.06. The molecule has 0 bridgehead atoms. The summed E-state index contributed by atoms with van der Waals surface area (Å²) < 4.78 is 31.2. The van der Waals surface area contributed by atoms with E-state index in [4.69, 9.17) is 22.1 Å². The SMILES string of the molecule is Nc1cc(Cl)nc(Oc2cc(F)ccc2F)c1. The van der Waals surface area contributed by atoms with Gasteiger partial charge in [0.2, 0.25) is 5.88 Å². The Balaban J connectivity index is 2.34. The van der Waals surface area contributed by atoms with Gasteiger partial charge in [-0.1, -0.05) is 11.6 Å². The molecule has 1 aromatic heterocycles. The van der Waals surface area contributed by atoms with Crippen molar-refractivity contribution in [2.24, 2.45) is 0 Å². The van der Waals surface area contributed by atoms with Crippen LogP contribution in [-0.2, 0) is 0 Å². The Labute approximate surface area is 101 Å². The number of ether oxygens (including phenoxy) is 1. The first kappa shape index (κ1) is 11.6. The average Bonchev–Trinajstić information content (AvgIpc) is 2.22. The maximum absolute atomic E-state index is 13.3. The second-order valence-corrected chi connectivity index (χ2v) is 3.63. The van der Waals surface area contributed by atoms with Gasteiger partial charge < -0.3 is 10.5 Å². The third kappa shape index (κ3) is 2.82. The van der Waals surface area contributed by atoms with Crippen molar-refractivity contribution in [3.63, 3.8) is 0 Å². The molecular weight excluding hydrogens is 250 g/mol. The minimum atomic E-state index is -0.702. The number of rotatable bonds is 2. The Morgan fingerprint density at radius 2 is 1.94 bits per heavy atom. The Morgan fingerprint density at radius 3 is 2.65 bits per heavy atom. The van der Waals surface area contributed by atoms with Crippen LogP contribution in [0.2, 0.25) is 5.15 Å². The van der Waals surface area contributed by atoms with E-state index >= 15 is 0 Å². The van der Waals surface area contributed by atoms with E-state index in [9.17, 15) is 8.78 Å². The van der Waals surface area contributed by atoms with Crippen molar-refractivity contribution in [1.29, 1.82) is 0 Å². The van der Waals surface area contributed by atoms with Gasteiger partial charge in [-0.2, -0.15) is 0 Å². The van der Waals surface area contributed by atoms with Crippen LogP contribution in [0.4, 0.5) is 14.5 Å². The lowest BCUT2D eigenvalue weighted by molar-refractivity contribution is 0.423. The lowest BCUT2D eigenvalue weighted by Crippen LogP contribution is -1.94. The van der Waals surface area contributed by atoms with Gasteiger partial charge >= 0.3 is 0 Å². The van der Waals surface area contributed by atoms with Gasteiger partial charge in [0.1, 0.15) is 11.0 Å². The van der Waals surface area contributed by atoms with Gasteiger partial charge in [-0.15, -0.1) is 0 Å². The van der Waals surface area contributed by atoms with Crippen molar-refractivity contribution < 1.29 is 13.5 Å². The van der Waals surface area contributed by atoms with Crippen molar-refractivity contribution in [2.45, 2.75) is 0 Å². The summed E-state index contributed by atoms with van der Waals surface area (Å²) in [5, 5.41) is 0.108. The molecule has 0 unspecified atom stereocenters. The number of anilines is 1. The molecule has 2 rings (SSSR count). The topological polar surface area (TPSA) is 48.1 Å². The fourth-order valence-corrected chi connectivity index (χ4v) is 1.42. The van der Waals surface area contributed by atoms with Crippen molar-refractivity contribution >= 4 is 17.3 Å². The van der Waals surface area contributed by atoms with E-state index in [0.717, 1.165) is 18.2 Å². The minimum absolute atomic E-state index is 0.000463. The summed E-state index contributed by atoms with van der Waals surface area (Å²) in [6.07, 6.45) is 0. The molecule has 88 valence electrons. The maximum Gasteiger partial charge on any atom is 0.222 e. The fraction of sp³-hybridized carbons (Fsp3) is 0. The number of halogens is 3. The molecule has 0 amide bonds. The smallest absolute Gasteiger partial charge is 0.222 e. The van der Waals surface area contributed by atoms with Crippen molar-refractivity contribution in [3.05, 3.63) is 47.1 Å². The molecule has 0 spiro atoms. The lowest BCUT2D eigenvalue weighted by atomic mass is 10.3. The molecule has 0 radical (unpaired) electrons. The van der Waals surface area contributed by atoms with E-state index < -0.39 is 11.6 Å². The summed E-state index contributed by atoms with van der Waals surface area (Å²) in [5.74, 6) is -1.60. The summed E-state index contributed by atoms with van der Waals surface area (Å²) in [5.41, 5.74) is 5.83. The molecule has 3 nitrogen and oxygen atoms in total. The third-order valence-electron chi connectivity index (χ3n) is 1.90. The highest BCUT2D eigenvalue weighted by Gasteiger charge is 2.08. The molecule has 0 saturated heterocycles. The first-order valence-corrected chi connectivity index (χ1v) is 4.98. The molecule has 6 heteroatoms. The summed E-state index contributed by atoms with van der Waals surface area (Å²) >= 11 is 5.65. The van der Waals surface area contributed by atoms with Gasteiger partial charge in [-0.3, -0.25) is 0 Å². The van der Waals surface area contributed by atoms with E-state index in [1.165, 1.54) is 12.1 Å². The van der Waals surface area contributed by atoms with E-state index in [1.807, 2.05) is 0 Å². The second kappa shape index (κ2) is 4.55. The molecule has 17 heavy (non-hydrogen) atoms. The van der Waals surface area contributed by atoms with Gasteiger partial charge in [-0.25, -0.2) is 13.8 Å². The van der Waals surface area contributed by atoms with Crippen LogP contribution >= 0.6 is 11.6 Å². The highest BCUT2D eigenvalue weighted by molar-refractivity contribution is 6.29. The van der Waals surface area contributed by atoms with E-state index in [-0.39, 0.29) is 16.8 Å². The van der Waals surface area contributed by atoms with Crippen LogP contribution in [0.15, 0.2) is 30.3 Å². The first-order chi connectivity index (χ1) is 8.04. The Kier molecular flexibility index (Phi) is 3.10. The van der Waals surface area contributed by atoms with Crippen molar-refractivity contribution in [2.75, 3.05) is 5.73 Å². The van der Waals surface area contributed by atoms with Crippen LogP contribution in [0.5, 0.6) is 11.6 Å². The van der Waals surface area contributed by atoms with Gasteiger partial charge in [0.15, 0.2) is 11.6 Å². The van der Waals surface area contributed by atoms with Gasteiger partial charge in [0, 0.05) is 17.8 Å². The number of hydrogen-bond donors (Lipinski definition) is 1. The molecule has 1 heterocycles. The van der Waals surface area contributed by atoms with Crippen molar-refractivity contribution in [1.82, 2.24) is 4.98 Å². The summed E-state index contributed by atoms with van der Waals surface area (Å²) in [6, 6.07) is 5.63. The van der Waals surface area contributed by atoms with Crippen LogP contribution in [0.3, 0.4) is 0 Å². The van der Waals surface area contributed by atoms with Crippen molar-refractivity contribution in [3.8, 4) is 11.6 Å². The second-order valence-electron chi connectivity index (χ2n) is 3.24. The number of aromatic nitrogens is 1. The molecule has 2 N–H and O–H groups in total. The highest BCUT2D eigenvalue weighted by atomic mass is 35.5. The Morgan fingerprint density at radius 1 is 1.18 bits per heavy atom. The van der Waals surface area contributed by atoms with Gasteiger partial charge in [0.25, 0.3) is 0 Å². The quantitative estimate of drug-likeness (QED) is 0.838. The monoisotopic (exact) mass is 256 g/mol. The molecule has 0 atom stereocenters. The molecule has 0 saturated carbocycles. The minimum Gasteiger partial charge on any atom is -0.436 e. The Hall–Kier alpha value is -1.88. The predicted octanol–water partition coefficient (Wildman–Crippen LogP) is 3.39. The molecule has 0 aliphatic heterocycles. The third-order valence-corrected chi connectivity index (χ3v) is 2.09. The summed E-state index contributed by atoms with van der Waals surface area (Å²) in [7, 11) is 0. The molecule has 0 aliphatic rings. The molecule has 0 fully saturated rings. The standard InChI is InChI=1S/C11H7ClF2N2O/c12-10-4-7(15)5-11(16-10)17-9-3-6(13)1-2-8(9)14/h1-5H,(H2,15,16). The van der Waals surface area contributed by atoms with Gasteiger partial charge in [0.05, 0.1) is 0 Å². The molecule has 0 aliphatic carbocycles. The predicted molar refractivity (Wildman–Crippen MR) is 60.1 cm³/mol. The maximum atomic E-state index is 13.3. The van der Waals surface area contributed by atoms with Gasteiger partial charge in [-0.05, 0) is 18.2 Å². The summed E-state index contributed by atoms with van der Waals surface area (Å²) in [6.45, 7) is 0. The highest BCUT2D eigenvalue weighted by Crippen LogP contribution is 2.26. The number of nitrogens with zero attached hydrogens (tertiary/aromatic N) is 1. The average molecular weight is 257 g/mol. The van der Waals surface area contributed by atoms with E-state index in [0.29, 0.717) is 5.69 Å². The number of nitrogens with two attached hydrogens (primary N) is 1. The molecule has 1 aromatic carbocycles. The summed E-state index contributed by atoms with van der Waals surface area (Å²) in [4.78, 5) is 3.77. The van der Waals surface area contributed by atoms with Crippen LogP contribution < -0.4 is 10.5 Å². The zero-order chi connectivity index (χ0) is 12.4. The van der Waals surface area contributed by atoms with Crippen LogP contribution in [0.25, 0.3) is 0 Å². The number of benzene rings is 1. The Bertz CT molecular complexity index is 543. The molecular formula is C11H7ClF2N2O. The number of nitrogen functional groups attached to an aromatic ring is 1. The largest absolute Gasteiger partial charge is 0.436 e. The first-order valence-electron chi connectivity index (χ1n) is 4.60. The van der Waals surface area contributed by atoms with Crippen LogP contribution in [-0.4, -0.2) is 4.98 Å². The van der Waals surface area contributed by atoms with E-state index in [2.05, 4.69) is 4.98 Å². The zero-order valence-corrected chi connectivity index (χ0v) is 9.21. The number of hydrogen-bond acceptors (Lipinski definition) is 3. The van der Waals surface area contributed by atoms with Crippen LogP contribution in [0.1, 0.15) is 0 Å². The fourth-order valence-electron chi connectivity index (χ4n) is 1.21. The number of pyridine rings is 1.